The van der Waals surface area contributed by atoms with Crippen LogP contribution in [-0.4, -0.2) is 11.1 Å². The Labute approximate surface area is 92.7 Å². The maximum atomic E-state index is 13.8. The van der Waals surface area contributed by atoms with E-state index in [0.717, 1.165) is 0 Å². The minimum absolute atomic E-state index is 0.219. The van der Waals surface area contributed by atoms with E-state index in [4.69, 9.17) is 16.7 Å². The van der Waals surface area contributed by atoms with Gasteiger partial charge in [0, 0.05) is 10.6 Å². The van der Waals surface area contributed by atoms with Crippen molar-refractivity contribution in [2.75, 3.05) is 0 Å². The molecule has 0 saturated heterocycles. The fourth-order valence-electron chi connectivity index (χ4n) is 1.54. The summed E-state index contributed by atoms with van der Waals surface area (Å²) in [5, 5.41) is 8.95. The molecule has 0 saturated carbocycles. The van der Waals surface area contributed by atoms with Gasteiger partial charge >= 0.3 is 5.97 Å². The number of hydrogen-bond donors (Lipinski definition) is 1. The van der Waals surface area contributed by atoms with Gasteiger partial charge in [-0.3, -0.25) is 4.79 Å². The molecule has 0 spiro atoms. The summed E-state index contributed by atoms with van der Waals surface area (Å²) in [5.41, 5.74) is -0.958. The lowest BCUT2D eigenvalue weighted by molar-refractivity contribution is -0.136. The van der Waals surface area contributed by atoms with Crippen molar-refractivity contribution in [2.24, 2.45) is 0 Å². The molecule has 1 aromatic rings. The van der Waals surface area contributed by atoms with Crippen LogP contribution in [0.25, 0.3) is 0 Å². The first kappa shape index (κ1) is 12.0. The quantitative estimate of drug-likeness (QED) is 0.866. The van der Waals surface area contributed by atoms with Crippen LogP contribution in [0.5, 0.6) is 0 Å². The van der Waals surface area contributed by atoms with Crippen molar-refractivity contribution in [3.05, 3.63) is 34.3 Å². The van der Waals surface area contributed by atoms with Gasteiger partial charge < -0.3 is 5.11 Å². The van der Waals surface area contributed by atoms with Crippen molar-refractivity contribution in [1.82, 2.24) is 0 Å². The Morgan fingerprint density at radius 2 is 2.13 bits per heavy atom. The molecule has 0 unspecified atom stereocenters. The van der Waals surface area contributed by atoms with Gasteiger partial charge in [0.25, 0.3) is 0 Å². The first-order chi connectivity index (χ1) is 6.82. The fourth-order valence-corrected chi connectivity index (χ4v) is 1.96. The molecule has 0 radical (unpaired) electrons. The van der Waals surface area contributed by atoms with Gasteiger partial charge in [-0.25, -0.2) is 4.39 Å². The van der Waals surface area contributed by atoms with Crippen LogP contribution in [0.15, 0.2) is 18.2 Å². The van der Waals surface area contributed by atoms with Gasteiger partial charge in [0.1, 0.15) is 5.67 Å². The van der Waals surface area contributed by atoms with Gasteiger partial charge in [0.05, 0.1) is 6.42 Å². The number of halogens is 2. The molecule has 0 aromatic heterocycles. The molecule has 0 fully saturated rings. The van der Waals surface area contributed by atoms with Crippen molar-refractivity contribution in [3.8, 4) is 0 Å². The second-order valence-electron chi connectivity index (χ2n) is 3.82. The molecule has 1 N–H and O–H groups in total. The molecule has 0 atom stereocenters. The van der Waals surface area contributed by atoms with Crippen LogP contribution in [0.3, 0.4) is 0 Å². The van der Waals surface area contributed by atoms with E-state index in [-0.39, 0.29) is 17.0 Å². The van der Waals surface area contributed by atoms with Crippen molar-refractivity contribution < 1.29 is 14.3 Å². The first-order valence-corrected chi connectivity index (χ1v) is 4.88. The summed E-state index contributed by atoms with van der Waals surface area (Å²) in [6.45, 7) is 2.72. The van der Waals surface area contributed by atoms with Gasteiger partial charge in [-0.15, -0.1) is 0 Å². The Bertz CT molecular complexity index is 383. The standard InChI is InChI=1S/C11H12ClFO2/c1-11(2,13)10-7(6-9(14)15)4-3-5-8(10)12/h3-5H,6H2,1-2H3,(H,14,15). The normalized spacial score (nSPS) is 11.5. The average molecular weight is 231 g/mol. The van der Waals surface area contributed by atoms with Gasteiger partial charge in [-0.2, -0.15) is 0 Å². The first-order valence-electron chi connectivity index (χ1n) is 4.51. The highest BCUT2D eigenvalue weighted by molar-refractivity contribution is 6.31. The molecule has 0 bridgehead atoms. The molecule has 15 heavy (non-hydrogen) atoms. The molecule has 82 valence electrons. The van der Waals surface area contributed by atoms with E-state index in [0.29, 0.717) is 5.56 Å². The molecule has 1 aromatic carbocycles. The molecule has 4 heteroatoms. The van der Waals surface area contributed by atoms with Gasteiger partial charge in [0.2, 0.25) is 0 Å². The molecule has 1 rings (SSSR count). The number of rotatable bonds is 3. The Morgan fingerprint density at radius 3 is 2.60 bits per heavy atom. The van der Waals surface area contributed by atoms with Crippen LogP contribution in [0.4, 0.5) is 4.39 Å². The second kappa shape index (κ2) is 4.19. The number of carbonyl (C=O) groups is 1. The number of aliphatic carboxylic acids is 1. The predicted octanol–water partition coefficient (Wildman–Crippen LogP) is 3.17. The Morgan fingerprint density at radius 1 is 1.53 bits per heavy atom. The third-order valence-corrected chi connectivity index (χ3v) is 2.35. The summed E-state index contributed by atoms with van der Waals surface area (Å²) in [7, 11) is 0. The number of alkyl halides is 1. The van der Waals surface area contributed by atoms with Crippen LogP contribution in [0.1, 0.15) is 25.0 Å². The van der Waals surface area contributed by atoms with Crippen LogP contribution >= 0.6 is 11.6 Å². The fraction of sp³-hybridized carbons (Fsp3) is 0.364. The minimum atomic E-state index is -1.64. The third kappa shape index (κ3) is 2.93. The molecule has 0 aliphatic heterocycles. The van der Waals surface area contributed by atoms with E-state index in [9.17, 15) is 9.18 Å². The highest BCUT2D eigenvalue weighted by atomic mass is 35.5. The van der Waals surface area contributed by atoms with Gasteiger partial charge in [-0.05, 0) is 25.5 Å². The summed E-state index contributed by atoms with van der Waals surface area (Å²) in [6, 6.07) is 4.76. The van der Waals surface area contributed by atoms with Crippen LogP contribution in [-0.2, 0) is 16.9 Å². The lowest BCUT2D eigenvalue weighted by Gasteiger charge is -2.19. The van der Waals surface area contributed by atoms with E-state index in [2.05, 4.69) is 0 Å². The maximum Gasteiger partial charge on any atom is 0.307 e. The zero-order valence-electron chi connectivity index (χ0n) is 8.55. The Balaban J connectivity index is 3.27. The third-order valence-electron chi connectivity index (χ3n) is 2.04. The zero-order chi connectivity index (χ0) is 11.6. The molecule has 2 nitrogen and oxygen atoms in total. The monoisotopic (exact) mass is 230 g/mol. The molecule has 0 aliphatic rings. The van der Waals surface area contributed by atoms with Crippen molar-refractivity contribution in [1.29, 1.82) is 0 Å². The highest BCUT2D eigenvalue weighted by Gasteiger charge is 2.25. The summed E-state index contributed by atoms with van der Waals surface area (Å²) >= 11 is 5.86. The van der Waals surface area contributed by atoms with E-state index >= 15 is 0 Å². The van der Waals surface area contributed by atoms with Crippen molar-refractivity contribution in [3.63, 3.8) is 0 Å². The molecular weight excluding hydrogens is 219 g/mol. The topological polar surface area (TPSA) is 37.3 Å². The van der Waals surface area contributed by atoms with Crippen molar-refractivity contribution >= 4 is 17.6 Å². The SMILES string of the molecule is CC(C)(F)c1c(Cl)cccc1CC(=O)O. The van der Waals surface area contributed by atoms with Crippen molar-refractivity contribution in [2.45, 2.75) is 25.9 Å². The molecular formula is C11H12ClFO2. The van der Waals surface area contributed by atoms with E-state index in [1.54, 1.807) is 18.2 Å². The Kier molecular flexibility index (Phi) is 3.35. The lowest BCUT2D eigenvalue weighted by atomic mass is 9.93. The van der Waals surface area contributed by atoms with Crippen LogP contribution in [0, 0.1) is 0 Å². The smallest absolute Gasteiger partial charge is 0.307 e. The number of hydrogen-bond acceptors (Lipinski definition) is 1. The summed E-state index contributed by atoms with van der Waals surface area (Å²) in [6.07, 6.45) is -0.219. The zero-order valence-corrected chi connectivity index (χ0v) is 9.31. The van der Waals surface area contributed by atoms with Gasteiger partial charge in [0.15, 0.2) is 0 Å². The second-order valence-corrected chi connectivity index (χ2v) is 4.22. The molecule has 0 heterocycles. The number of carboxylic acids is 1. The van der Waals surface area contributed by atoms with E-state index in [1.165, 1.54) is 13.8 Å². The van der Waals surface area contributed by atoms with E-state index in [1.807, 2.05) is 0 Å². The van der Waals surface area contributed by atoms with Gasteiger partial charge in [-0.1, -0.05) is 23.7 Å². The average Bonchev–Trinajstić information content (AvgIpc) is 1.99. The molecule has 0 amide bonds. The van der Waals surface area contributed by atoms with Crippen LogP contribution < -0.4 is 0 Å². The largest absolute Gasteiger partial charge is 0.481 e. The predicted molar refractivity (Wildman–Crippen MR) is 56.9 cm³/mol. The van der Waals surface area contributed by atoms with Crippen LogP contribution in [0.2, 0.25) is 5.02 Å². The summed E-state index contributed by atoms with van der Waals surface area (Å²) < 4.78 is 13.8. The number of carboxylic acid groups (broad SMARTS) is 1. The summed E-state index contributed by atoms with van der Waals surface area (Å²) in [4.78, 5) is 10.6. The summed E-state index contributed by atoms with van der Waals surface area (Å²) in [5.74, 6) is -0.997. The Hall–Kier alpha value is -1.09. The number of benzene rings is 1. The lowest BCUT2D eigenvalue weighted by Crippen LogP contribution is -2.15. The maximum absolute atomic E-state index is 13.8. The van der Waals surface area contributed by atoms with E-state index < -0.39 is 11.6 Å². The highest BCUT2D eigenvalue weighted by Crippen LogP contribution is 2.34. The minimum Gasteiger partial charge on any atom is -0.481 e. The molecule has 0 aliphatic carbocycles.